The van der Waals surface area contributed by atoms with Crippen LogP contribution in [-0.2, 0) is 0 Å². The minimum Gasteiger partial charge on any atom is -0.497 e. The van der Waals surface area contributed by atoms with E-state index in [1.165, 1.54) is 0 Å². The molecule has 1 aromatic carbocycles. The van der Waals surface area contributed by atoms with Crippen molar-refractivity contribution in [3.8, 4) is 18.1 Å². The second-order valence-corrected chi connectivity index (χ2v) is 5.69. The average Bonchev–Trinajstić information content (AvgIpc) is 2.63. The summed E-state index contributed by atoms with van der Waals surface area (Å²) in [6, 6.07) is 8.22. The van der Waals surface area contributed by atoms with Gasteiger partial charge in [-0.2, -0.15) is 0 Å². The number of rotatable bonds is 6. The van der Waals surface area contributed by atoms with Crippen LogP contribution in [0, 0.1) is 18.2 Å². The average molecular weight is 341 g/mol. The Morgan fingerprint density at radius 1 is 1.44 bits per heavy atom. The van der Waals surface area contributed by atoms with Gasteiger partial charge in [-0.3, -0.25) is 4.79 Å². The summed E-state index contributed by atoms with van der Waals surface area (Å²) in [6.45, 7) is 3.59. The highest BCUT2D eigenvalue weighted by Crippen LogP contribution is 2.23. The largest absolute Gasteiger partial charge is 0.497 e. The van der Waals surface area contributed by atoms with Gasteiger partial charge in [0.2, 0.25) is 0 Å². The van der Waals surface area contributed by atoms with Gasteiger partial charge in [0.05, 0.1) is 24.4 Å². The van der Waals surface area contributed by atoms with E-state index < -0.39 is 17.3 Å². The number of carbonyl (C=O) groups excluding carboxylic acids is 1. The minimum atomic E-state index is -0.823. The molecule has 0 spiro atoms. The van der Waals surface area contributed by atoms with Crippen molar-refractivity contribution in [2.75, 3.05) is 12.4 Å². The molecule has 0 saturated carbocycles. The fourth-order valence-electron chi connectivity index (χ4n) is 2.09. The van der Waals surface area contributed by atoms with Crippen LogP contribution >= 0.6 is 0 Å². The summed E-state index contributed by atoms with van der Waals surface area (Å²) in [6.07, 6.45) is 7.06. The van der Waals surface area contributed by atoms with Crippen LogP contribution in [0.15, 0.2) is 36.5 Å². The molecular formula is C19H20FN3O2. The van der Waals surface area contributed by atoms with Gasteiger partial charge < -0.3 is 15.4 Å². The van der Waals surface area contributed by atoms with Crippen molar-refractivity contribution < 1.29 is 13.9 Å². The number of amides is 1. The van der Waals surface area contributed by atoms with Crippen molar-refractivity contribution in [1.29, 1.82) is 0 Å². The molecule has 6 heteroatoms. The summed E-state index contributed by atoms with van der Waals surface area (Å²) in [5.41, 5.74) is -0.100. The summed E-state index contributed by atoms with van der Waals surface area (Å²) >= 11 is 0. The third kappa shape index (κ3) is 4.48. The lowest BCUT2D eigenvalue weighted by Crippen LogP contribution is -2.44. The molecule has 0 aliphatic heterocycles. The molecule has 0 aliphatic rings. The normalized spacial score (nSPS) is 12.6. The molecule has 1 heterocycles. The third-order valence-electron chi connectivity index (χ3n) is 3.85. The number of ether oxygens (including phenoxy) is 1. The monoisotopic (exact) mass is 341 g/mol. The van der Waals surface area contributed by atoms with Gasteiger partial charge in [0.1, 0.15) is 17.4 Å². The van der Waals surface area contributed by atoms with Gasteiger partial charge in [0.25, 0.3) is 5.91 Å². The van der Waals surface area contributed by atoms with E-state index in [1.807, 2.05) is 6.92 Å². The Hall–Kier alpha value is -3.07. The Bertz CT molecular complexity index is 817. The summed E-state index contributed by atoms with van der Waals surface area (Å²) in [5.74, 6) is 2.30. The maximum atomic E-state index is 13.6. The molecule has 25 heavy (non-hydrogen) atoms. The van der Waals surface area contributed by atoms with E-state index in [0.29, 0.717) is 17.9 Å². The van der Waals surface area contributed by atoms with Gasteiger partial charge in [-0.05, 0) is 31.5 Å². The number of halogens is 1. The number of terminal acetylenes is 1. The first-order valence-corrected chi connectivity index (χ1v) is 7.77. The number of aromatic nitrogens is 1. The topological polar surface area (TPSA) is 63.2 Å². The third-order valence-corrected chi connectivity index (χ3v) is 3.85. The smallest absolute Gasteiger partial charge is 0.256 e. The standard InChI is InChI=1S/C19H20FN3O2/c1-5-19(3,6-2)23-18(24)16-10-13(20)12-21-17(16)22-14-8-7-9-15(11-14)25-4/h1,7-12H,6H2,2-4H3,(H,21,22)(H,23,24)/t19-/m0/s1. The van der Waals surface area contributed by atoms with Gasteiger partial charge in [-0.15, -0.1) is 6.42 Å². The SMILES string of the molecule is C#C[C@@](C)(CC)NC(=O)c1cc(F)cnc1Nc1cccc(OC)c1. The molecule has 1 atom stereocenters. The maximum Gasteiger partial charge on any atom is 0.256 e. The van der Waals surface area contributed by atoms with Crippen molar-refractivity contribution in [3.05, 3.63) is 47.9 Å². The van der Waals surface area contributed by atoms with Crippen molar-refractivity contribution in [2.24, 2.45) is 0 Å². The first-order valence-electron chi connectivity index (χ1n) is 7.77. The second-order valence-electron chi connectivity index (χ2n) is 5.69. The quantitative estimate of drug-likeness (QED) is 0.790. The molecule has 0 unspecified atom stereocenters. The molecule has 2 aromatic rings. The number of pyridine rings is 1. The van der Waals surface area contributed by atoms with Gasteiger partial charge in [-0.25, -0.2) is 9.37 Å². The Morgan fingerprint density at radius 2 is 2.20 bits per heavy atom. The van der Waals surface area contributed by atoms with E-state index in [0.717, 1.165) is 12.3 Å². The van der Waals surface area contributed by atoms with Crippen molar-refractivity contribution in [1.82, 2.24) is 10.3 Å². The molecule has 0 fully saturated rings. The molecule has 1 aromatic heterocycles. The number of hydrogen-bond acceptors (Lipinski definition) is 4. The Labute approximate surface area is 146 Å². The predicted molar refractivity (Wildman–Crippen MR) is 95.5 cm³/mol. The van der Waals surface area contributed by atoms with Crippen molar-refractivity contribution in [3.63, 3.8) is 0 Å². The van der Waals surface area contributed by atoms with Crippen LogP contribution in [-0.4, -0.2) is 23.5 Å². The van der Waals surface area contributed by atoms with Gasteiger partial charge in [0, 0.05) is 11.8 Å². The second kappa shape index (κ2) is 7.67. The van der Waals surface area contributed by atoms with Gasteiger partial charge >= 0.3 is 0 Å². The van der Waals surface area contributed by atoms with Crippen LogP contribution in [0.25, 0.3) is 0 Å². The fraction of sp³-hybridized carbons (Fsp3) is 0.263. The van der Waals surface area contributed by atoms with E-state index in [1.54, 1.807) is 38.3 Å². The molecule has 2 N–H and O–H groups in total. The number of nitrogens with one attached hydrogen (secondary N) is 2. The van der Waals surface area contributed by atoms with Crippen LogP contribution in [0.3, 0.4) is 0 Å². The van der Waals surface area contributed by atoms with E-state index in [9.17, 15) is 9.18 Å². The first-order chi connectivity index (χ1) is 11.9. The van der Waals surface area contributed by atoms with Crippen LogP contribution in [0.4, 0.5) is 15.9 Å². The molecule has 0 saturated heterocycles. The summed E-state index contributed by atoms with van der Waals surface area (Å²) < 4.78 is 18.8. The summed E-state index contributed by atoms with van der Waals surface area (Å²) in [4.78, 5) is 16.6. The van der Waals surface area contributed by atoms with Crippen molar-refractivity contribution in [2.45, 2.75) is 25.8 Å². The molecule has 5 nitrogen and oxygen atoms in total. The Kier molecular flexibility index (Phi) is 5.60. The van der Waals surface area contributed by atoms with Crippen molar-refractivity contribution >= 4 is 17.4 Å². The molecule has 1 amide bonds. The lowest BCUT2D eigenvalue weighted by Gasteiger charge is -2.24. The molecule has 0 aliphatic carbocycles. The Morgan fingerprint density at radius 3 is 2.84 bits per heavy atom. The van der Waals surface area contributed by atoms with E-state index >= 15 is 0 Å². The number of anilines is 2. The number of hydrogen-bond donors (Lipinski definition) is 2. The zero-order chi connectivity index (χ0) is 18.4. The van der Waals surface area contributed by atoms with E-state index in [-0.39, 0.29) is 11.4 Å². The van der Waals surface area contributed by atoms with Gasteiger partial charge in [-0.1, -0.05) is 18.9 Å². The van der Waals surface area contributed by atoms with Crippen LogP contribution < -0.4 is 15.4 Å². The highest BCUT2D eigenvalue weighted by Gasteiger charge is 2.24. The van der Waals surface area contributed by atoms with E-state index in [4.69, 9.17) is 11.2 Å². The van der Waals surface area contributed by atoms with Gasteiger partial charge in [0.15, 0.2) is 0 Å². The minimum absolute atomic E-state index is 0.0674. The molecule has 130 valence electrons. The predicted octanol–water partition coefficient (Wildman–Crippen LogP) is 3.50. The fourth-order valence-corrected chi connectivity index (χ4v) is 2.09. The summed E-state index contributed by atoms with van der Waals surface area (Å²) in [5, 5.41) is 5.75. The van der Waals surface area contributed by atoms with Crippen LogP contribution in [0.5, 0.6) is 5.75 Å². The zero-order valence-electron chi connectivity index (χ0n) is 14.4. The lowest BCUT2D eigenvalue weighted by molar-refractivity contribution is 0.0924. The number of methoxy groups -OCH3 is 1. The number of carbonyl (C=O) groups is 1. The van der Waals surface area contributed by atoms with Crippen LogP contribution in [0.2, 0.25) is 0 Å². The first kappa shape index (κ1) is 18.3. The molecule has 2 rings (SSSR count). The highest BCUT2D eigenvalue weighted by molar-refractivity contribution is 6.00. The van der Waals surface area contributed by atoms with Crippen LogP contribution in [0.1, 0.15) is 30.6 Å². The number of nitrogens with zero attached hydrogens (tertiary/aromatic N) is 1. The molecule has 0 radical (unpaired) electrons. The lowest BCUT2D eigenvalue weighted by atomic mass is 9.99. The summed E-state index contributed by atoms with van der Waals surface area (Å²) in [7, 11) is 1.56. The Balaban J connectivity index is 2.34. The maximum absolute atomic E-state index is 13.6. The number of benzene rings is 1. The molecule has 0 bridgehead atoms. The molecular weight excluding hydrogens is 321 g/mol. The highest BCUT2D eigenvalue weighted by atomic mass is 19.1. The zero-order valence-corrected chi connectivity index (χ0v) is 14.4. The van der Waals surface area contributed by atoms with E-state index in [2.05, 4.69) is 21.5 Å².